The number of rotatable bonds is 4. The molecule has 3 heteroatoms. The van der Waals surface area contributed by atoms with Crippen LogP contribution in [0.3, 0.4) is 0 Å². The minimum Gasteiger partial charge on any atom is -0.334 e. The van der Waals surface area contributed by atoms with Crippen molar-refractivity contribution in [2.45, 2.75) is 26.3 Å². The number of hydrogen-bond acceptors (Lipinski definition) is 2. The van der Waals surface area contributed by atoms with E-state index < -0.39 is 0 Å². The van der Waals surface area contributed by atoms with Crippen molar-refractivity contribution in [3.63, 3.8) is 0 Å². The van der Waals surface area contributed by atoms with Crippen molar-refractivity contribution in [2.75, 3.05) is 7.05 Å². The molecule has 68 valence electrons. The van der Waals surface area contributed by atoms with Crippen LogP contribution in [0.25, 0.3) is 0 Å². The molecular weight excluding hydrogens is 150 g/mol. The second-order valence-corrected chi connectivity index (χ2v) is 3.01. The predicted octanol–water partition coefficient (Wildman–Crippen LogP) is 1.09. The first kappa shape index (κ1) is 9.26. The van der Waals surface area contributed by atoms with Crippen LogP contribution in [-0.4, -0.2) is 16.6 Å². The summed E-state index contributed by atoms with van der Waals surface area (Å²) in [5.41, 5.74) is 1.25. The predicted molar refractivity (Wildman–Crippen MR) is 50.0 cm³/mol. The van der Waals surface area contributed by atoms with E-state index in [1.54, 1.807) is 0 Å². The number of aryl methyl sites for hydroxylation is 1. The van der Waals surface area contributed by atoms with Gasteiger partial charge in [0.15, 0.2) is 0 Å². The highest BCUT2D eigenvalue weighted by Crippen LogP contribution is 2.04. The van der Waals surface area contributed by atoms with Gasteiger partial charge in [0.05, 0.1) is 5.69 Å². The lowest BCUT2D eigenvalue weighted by atomic mass is 10.3. The maximum atomic E-state index is 4.35. The molecule has 1 heterocycles. The largest absolute Gasteiger partial charge is 0.334 e. The number of nitrogens with one attached hydrogen (secondary N) is 1. The molecule has 1 aromatic rings. The van der Waals surface area contributed by atoms with Crippen LogP contribution < -0.4 is 5.32 Å². The molecule has 0 fully saturated rings. The molecule has 0 amide bonds. The summed E-state index contributed by atoms with van der Waals surface area (Å²) in [6.07, 6.45) is 4.17. The monoisotopic (exact) mass is 167 g/mol. The Balaban J connectivity index is 2.74. The zero-order valence-corrected chi connectivity index (χ0v) is 8.09. The second kappa shape index (κ2) is 4.26. The fourth-order valence-electron chi connectivity index (χ4n) is 1.29. The number of nitrogens with zero attached hydrogens (tertiary/aromatic N) is 2. The summed E-state index contributed by atoms with van der Waals surface area (Å²) in [4.78, 5) is 4.35. The molecule has 1 rings (SSSR count). The first-order valence-electron chi connectivity index (χ1n) is 4.43. The zero-order chi connectivity index (χ0) is 8.97. The Hall–Kier alpha value is -0.830. The van der Waals surface area contributed by atoms with Crippen LogP contribution >= 0.6 is 0 Å². The van der Waals surface area contributed by atoms with Gasteiger partial charge in [0.1, 0.15) is 5.82 Å². The van der Waals surface area contributed by atoms with E-state index in [1.165, 1.54) is 11.5 Å². The maximum Gasteiger partial charge on any atom is 0.108 e. The van der Waals surface area contributed by atoms with E-state index in [0.29, 0.717) is 0 Å². The summed E-state index contributed by atoms with van der Waals surface area (Å²) < 4.78 is 2.17. The van der Waals surface area contributed by atoms with Gasteiger partial charge in [-0.1, -0.05) is 6.92 Å². The summed E-state index contributed by atoms with van der Waals surface area (Å²) in [5.74, 6) is 1.18. The van der Waals surface area contributed by atoms with Gasteiger partial charge in [-0.15, -0.1) is 0 Å². The van der Waals surface area contributed by atoms with Crippen molar-refractivity contribution in [3.8, 4) is 0 Å². The van der Waals surface area contributed by atoms with Gasteiger partial charge in [-0.2, -0.15) is 0 Å². The normalized spacial score (nSPS) is 10.6. The van der Waals surface area contributed by atoms with Gasteiger partial charge in [0.25, 0.3) is 0 Å². The average molecular weight is 167 g/mol. The summed E-state index contributed by atoms with van der Waals surface area (Å²) in [6, 6.07) is 0. The van der Waals surface area contributed by atoms with E-state index in [0.717, 1.165) is 19.4 Å². The van der Waals surface area contributed by atoms with E-state index in [1.807, 2.05) is 13.2 Å². The molecule has 0 unspecified atom stereocenters. The van der Waals surface area contributed by atoms with Crippen LogP contribution in [0.2, 0.25) is 0 Å². The van der Waals surface area contributed by atoms with Crippen molar-refractivity contribution >= 4 is 0 Å². The molecule has 1 aromatic heterocycles. The van der Waals surface area contributed by atoms with Gasteiger partial charge < -0.3 is 9.88 Å². The summed E-state index contributed by atoms with van der Waals surface area (Å²) >= 11 is 0. The summed E-state index contributed by atoms with van der Waals surface area (Å²) in [6.45, 7) is 3.07. The molecule has 0 aliphatic rings. The lowest BCUT2D eigenvalue weighted by Crippen LogP contribution is -2.10. The van der Waals surface area contributed by atoms with Gasteiger partial charge in [-0.3, -0.25) is 0 Å². The standard InChI is InChI=1S/C9H17N3/c1-4-5-9-11-7-8(6-10-2)12(9)3/h7,10H,4-6H2,1-3H3. The Morgan fingerprint density at radius 3 is 2.92 bits per heavy atom. The fourth-order valence-corrected chi connectivity index (χ4v) is 1.29. The molecule has 0 aliphatic carbocycles. The van der Waals surface area contributed by atoms with Gasteiger partial charge in [-0.25, -0.2) is 4.98 Å². The van der Waals surface area contributed by atoms with Crippen LogP contribution in [0, 0.1) is 0 Å². The van der Waals surface area contributed by atoms with Crippen LogP contribution in [0.1, 0.15) is 24.9 Å². The van der Waals surface area contributed by atoms with Gasteiger partial charge in [0, 0.05) is 26.2 Å². The highest BCUT2D eigenvalue weighted by molar-refractivity contribution is 5.04. The minimum atomic E-state index is 0.896. The third-order valence-electron chi connectivity index (χ3n) is 2.01. The van der Waals surface area contributed by atoms with E-state index in [2.05, 4.69) is 28.8 Å². The van der Waals surface area contributed by atoms with E-state index in [-0.39, 0.29) is 0 Å². The molecule has 0 saturated carbocycles. The molecule has 0 aromatic carbocycles. The van der Waals surface area contributed by atoms with Gasteiger partial charge >= 0.3 is 0 Å². The van der Waals surface area contributed by atoms with Crippen molar-refractivity contribution in [1.29, 1.82) is 0 Å². The smallest absolute Gasteiger partial charge is 0.108 e. The maximum absolute atomic E-state index is 4.35. The van der Waals surface area contributed by atoms with Crippen molar-refractivity contribution in [1.82, 2.24) is 14.9 Å². The molecule has 0 bridgehead atoms. The summed E-state index contributed by atoms with van der Waals surface area (Å²) in [5, 5.41) is 3.12. The van der Waals surface area contributed by atoms with Gasteiger partial charge in [-0.05, 0) is 13.5 Å². The van der Waals surface area contributed by atoms with Crippen LogP contribution in [0.15, 0.2) is 6.20 Å². The Bertz CT molecular complexity index is 216. The Morgan fingerprint density at radius 2 is 2.33 bits per heavy atom. The molecular formula is C9H17N3. The molecule has 0 atom stereocenters. The first-order chi connectivity index (χ1) is 5.79. The van der Waals surface area contributed by atoms with E-state index >= 15 is 0 Å². The lowest BCUT2D eigenvalue weighted by Gasteiger charge is -2.03. The van der Waals surface area contributed by atoms with Gasteiger partial charge in [0.2, 0.25) is 0 Å². The molecule has 0 aliphatic heterocycles. The third kappa shape index (κ3) is 1.85. The number of aromatic nitrogens is 2. The highest BCUT2D eigenvalue weighted by Gasteiger charge is 2.03. The Labute approximate surface area is 73.8 Å². The number of hydrogen-bond donors (Lipinski definition) is 1. The molecule has 0 saturated heterocycles. The summed E-state index contributed by atoms with van der Waals surface area (Å²) in [7, 11) is 4.02. The molecule has 3 nitrogen and oxygen atoms in total. The Morgan fingerprint density at radius 1 is 1.58 bits per heavy atom. The Kier molecular flexibility index (Phi) is 3.29. The first-order valence-corrected chi connectivity index (χ1v) is 4.43. The van der Waals surface area contributed by atoms with Crippen LogP contribution in [-0.2, 0) is 20.0 Å². The zero-order valence-electron chi connectivity index (χ0n) is 8.09. The molecule has 1 N–H and O–H groups in total. The topological polar surface area (TPSA) is 29.9 Å². The molecule has 12 heavy (non-hydrogen) atoms. The third-order valence-corrected chi connectivity index (χ3v) is 2.01. The van der Waals surface area contributed by atoms with E-state index in [9.17, 15) is 0 Å². The quantitative estimate of drug-likeness (QED) is 0.727. The van der Waals surface area contributed by atoms with Crippen molar-refractivity contribution in [2.24, 2.45) is 7.05 Å². The minimum absolute atomic E-state index is 0.896. The van der Waals surface area contributed by atoms with Crippen LogP contribution in [0.5, 0.6) is 0 Å². The molecule has 0 radical (unpaired) electrons. The lowest BCUT2D eigenvalue weighted by molar-refractivity contribution is 0.693. The average Bonchev–Trinajstić information content (AvgIpc) is 2.38. The second-order valence-electron chi connectivity index (χ2n) is 3.01. The SMILES string of the molecule is CCCc1ncc(CNC)n1C. The van der Waals surface area contributed by atoms with Crippen molar-refractivity contribution < 1.29 is 0 Å². The van der Waals surface area contributed by atoms with E-state index in [4.69, 9.17) is 0 Å². The van der Waals surface area contributed by atoms with Crippen LogP contribution in [0.4, 0.5) is 0 Å². The highest BCUT2D eigenvalue weighted by atomic mass is 15.1. The fraction of sp³-hybridized carbons (Fsp3) is 0.667. The molecule has 0 spiro atoms. The number of imidazole rings is 1. The van der Waals surface area contributed by atoms with Crippen molar-refractivity contribution in [3.05, 3.63) is 17.7 Å².